The number of aryl methyl sites for hydroxylation is 3. The van der Waals surface area contributed by atoms with E-state index in [1.54, 1.807) is 0 Å². The highest BCUT2D eigenvalue weighted by molar-refractivity contribution is 5.79. The number of rotatable bonds is 6. The second-order valence-corrected chi connectivity index (χ2v) is 7.75. The third-order valence-electron chi connectivity index (χ3n) is 5.82. The standard InChI is InChI=1S/C22H34N6/c1-16-8-10-19(11-9-16)21(28-12-6-7-13-28)15-25-22(23-4)24-14-20-17(2)26-27(5)18(20)3/h8-11,21H,6-7,12-15H2,1-5H3,(H2,23,24,25). The van der Waals surface area contributed by atoms with E-state index in [0.29, 0.717) is 6.04 Å². The first kappa shape index (κ1) is 20.4. The molecule has 1 saturated heterocycles. The fourth-order valence-electron chi connectivity index (χ4n) is 3.96. The van der Waals surface area contributed by atoms with Crippen molar-refractivity contribution in [1.29, 1.82) is 0 Å². The molecule has 3 rings (SSSR count). The zero-order chi connectivity index (χ0) is 20.1. The minimum Gasteiger partial charge on any atom is -0.354 e. The minimum absolute atomic E-state index is 0.364. The molecule has 1 aliphatic heterocycles. The first-order valence-electron chi connectivity index (χ1n) is 10.2. The lowest BCUT2D eigenvalue weighted by atomic mass is 10.0. The van der Waals surface area contributed by atoms with Crippen LogP contribution in [0, 0.1) is 20.8 Å². The molecule has 6 nitrogen and oxygen atoms in total. The number of benzene rings is 1. The van der Waals surface area contributed by atoms with Crippen LogP contribution in [0.4, 0.5) is 0 Å². The highest BCUT2D eigenvalue weighted by Gasteiger charge is 2.23. The maximum absolute atomic E-state index is 4.50. The summed E-state index contributed by atoms with van der Waals surface area (Å²) in [5, 5.41) is 11.5. The van der Waals surface area contributed by atoms with E-state index in [1.807, 2.05) is 18.8 Å². The summed E-state index contributed by atoms with van der Waals surface area (Å²) in [5.74, 6) is 0.832. The van der Waals surface area contributed by atoms with Gasteiger partial charge in [-0.2, -0.15) is 5.10 Å². The summed E-state index contributed by atoms with van der Waals surface area (Å²) in [4.78, 5) is 7.01. The lowest BCUT2D eigenvalue weighted by Crippen LogP contribution is -2.42. The van der Waals surface area contributed by atoms with Crippen molar-refractivity contribution in [2.45, 2.75) is 46.2 Å². The quantitative estimate of drug-likeness (QED) is 0.596. The van der Waals surface area contributed by atoms with E-state index in [-0.39, 0.29) is 0 Å². The average molecular weight is 383 g/mol. The van der Waals surface area contributed by atoms with E-state index >= 15 is 0 Å². The first-order valence-corrected chi connectivity index (χ1v) is 10.2. The molecule has 0 spiro atoms. The van der Waals surface area contributed by atoms with Gasteiger partial charge in [-0.15, -0.1) is 0 Å². The van der Waals surface area contributed by atoms with Gasteiger partial charge >= 0.3 is 0 Å². The van der Waals surface area contributed by atoms with E-state index in [2.05, 4.69) is 70.7 Å². The van der Waals surface area contributed by atoms with E-state index in [0.717, 1.165) is 24.7 Å². The molecular formula is C22H34N6. The summed E-state index contributed by atoms with van der Waals surface area (Å²) in [6, 6.07) is 9.30. The number of aliphatic imine (C=N–C) groups is 1. The molecule has 0 bridgehead atoms. The minimum atomic E-state index is 0.364. The molecule has 28 heavy (non-hydrogen) atoms. The van der Waals surface area contributed by atoms with Crippen LogP contribution < -0.4 is 10.6 Å². The molecule has 1 unspecified atom stereocenters. The van der Waals surface area contributed by atoms with Crippen LogP contribution in [0.25, 0.3) is 0 Å². The van der Waals surface area contributed by atoms with Gasteiger partial charge in [-0.25, -0.2) is 0 Å². The molecule has 1 aromatic carbocycles. The number of hydrogen-bond acceptors (Lipinski definition) is 3. The van der Waals surface area contributed by atoms with E-state index < -0.39 is 0 Å². The third kappa shape index (κ3) is 4.73. The Kier molecular flexibility index (Phi) is 6.73. The topological polar surface area (TPSA) is 57.5 Å². The molecule has 1 fully saturated rings. The average Bonchev–Trinajstić information content (AvgIpc) is 3.29. The smallest absolute Gasteiger partial charge is 0.191 e. The van der Waals surface area contributed by atoms with Crippen molar-refractivity contribution in [1.82, 2.24) is 25.3 Å². The van der Waals surface area contributed by atoms with Crippen LogP contribution in [0.2, 0.25) is 0 Å². The predicted molar refractivity (Wildman–Crippen MR) is 116 cm³/mol. The Hall–Kier alpha value is -2.34. The number of nitrogens with one attached hydrogen (secondary N) is 2. The van der Waals surface area contributed by atoms with E-state index in [9.17, 15) is 0 Å². The normalized spacial score (nSPS) is 16.4. The van der Waals surface area contributed by atoms with Crippen LogP contribution in [0.3, 0.4) is 0 Å². The molecular weight excluding hydrogens is 348 g/mol. The summed E-state index contributed by atoms with van der Waals surface area (Å²) in [7, 11) is 3.82. The van der Waals surface area contributed by atoms with Crippen molar-refractivity contribution < 1.29 is 0 Å². The fourth-order valence-corrected chi connectivity index (χ4v) is 3.96. The molecule has 1 aromatic heterocycles. The molecule has 6 heteroatoms. The lowest BCUT2D eigenvalue weighted by Gasteiger charge is -2.29. The van der Waals surface area contributed by atoms with Crippen molar-refractivity contribution in [2.75, 3.05) is 26.7 Å². The van der Waals surface area contributed by atoms with Crippen LogP contribution in [-0.4, -0.2) is 47.3 Å². The van der Waals surface area contributed by atoms with Crippen molar-refractivity contribution in [3.05, 3.63) is 52.3 Å². The Bertz CT molecular complexity index is 799. The largest absolute Gasteiger partial charge is 0.354 e. The SMILES string of the molecule is CN=C(NCc1c(C)nn(C)c1C)NCC(c1ccc(C)cc1)N1CCCC1. The van der Waals surface area contributed by atoms with Crippen molar-refractivity contribution >= 4 is 5.96 Å². The predicted octanol–water partition coefficient (Wildman–Crippen LogP) is 2.85. The zero-order valence-electron chi connectivity index (χ0n) is 17.9. The zero-order valence-corrected chi connectivity index (χ0v) is 17.9. The molecule has 2 N–H and O–H groups in total. The van der Waals surface area contributed by atoms with Gasteiger partial charge in [0.05, 0.1) is 11.7 Å². The van der Waals surface area contributed by atoms with Crippen molar-refractivity contribution in [2.24, 2.45) is 12.0 Å². The number of hydrogen-bond donors (Lipinski definition) is 2. The molecule has 0 saturated carbocycles. The van der Waals surface area contributed by atoms with Gasteiger partial charge in [0, 0.05) is 38.4 Å². The van der Waals surface area contributed by atoms with Gasteiger partial charge in [0.25, 0.3) is 0 Å². The van der Waals surface area contributed by atoms with Crippen LogP contribution in [0.1, 0.15) is 47.0 Å². The Balaban J connectivity index is 1.64. The summed E-state index contributed by atoms with van der Waals surface area (Å²) in [6.45, 7) is 10.2. The lowest BCUT2D eigenvalue weighted by molar-refractivity contribution is 0.245. The molecule has 2 aromatic rings. The maximum atomic E-state index is 4.50. The van der Waals surface area contributed by atoms with Crippen LogP contribution in [0.15, 0.2) is 29.3 Å². The van der Waals surface area contributed by atoms with Gasteiger partial charge in [0.2, 0.25) is 0 Å². The second kappa shape index (κ2) is 9.24. The number of likely N-dealkylation sites (tertiary alicyclic amines) is 1. The number of nitrogens with zero attached hydrogens (tertiary/aromatic N) is 4. The summed E-state index contributed by atoms with van der Waals surface area (Å²) >= 11 is 0. The Morgan fingerprint density at radius 2 is 1.79 bits per heavy atom. The molecule has 1 atom stereocenters. The highest BCUT2D eigenvalue weighted by atomic mass is 15.3. The number of guanidine groups is 1. The van der Waals surface area contributed by atoms with Crippen molar-refractivity contribution in [3.63, 3.8) is 0 Å². The van der Waals surface area contributed by atoms with E-state index in [4.69, 9.17) is 0 Å². The van der Waals surface area contributed by atoms with E-state index in [1.165, 1.54) is 48.3 Å². The van der Waals surface area contributed by atoms with Gasteiger partial charge in [0.15, 0.2) is 5.96 Å². The van der Waals surface area contributed by atoms with Gasteiger partial charge in [-0.05, 0) is 52.3 Å². The maximum Gasteiger partial charge on any atom is 0.191 e. The second-order valence-electron chi connectivity index (χ2n) is 7.75. The highest BCUT2D eigenvalue weighted by Crippen LogP contribution is 2.25. The molecule has 0 aliphatic carbocycles. The van der Waals surface area contributed by atoms with Crippen LogP contribution in [-0.2, 0) is 13.6 Å². The molecule has 2 heterocycles. The van der Waals surface area contributed by atoms with Crippen molar-refractivity contribution in [3.8, 4) is 0 Å². The first-order chi connectivity index (χ1) is 13.5. The summed E-state index contributed by atoms with van der Waals surface area (Å²) < 4.78 is 1.93. The Morgan fingerprint density at radius 3 is 2.36 bits per heavy atom. The van der Waals surface area contributed by atoms with Crippen LogP contribution >= 0.6 is 0 Å². The van der Waals surface area contributed by atoms with Gasteiger partial charge in [-0.3, -0.25) is 14.6 Å². The summed E-state index contributed by atoms with van der Waals surface area (Å²) in [6.07, 6.45) is 2.57. The Labute approximate surface area is 169 Å². The monoisotopic (exact) mass is 382 g/mol. The van der Waals surface area contributed by atoms with Gasteiger partial charge in [0.1, 0.15) is 0 Å². The molecule has 1 aliphatic rings. The summed E-state index contributed by atoms with van der Waals surface area (Å²) in [5.41, 5.74) is 6.17. The number of aromatic nitrogens is 2. The van der Waals surface area contributed by atoms with Gasteiger partial charge < -0.3 is 10.6 Å². The third-order valence-corrected chi connectivity index (χ3v) is 5.82. The molecule has 0 amide bonds. The molecule has 152 valence electrons. The Morgan fingerprint density at radius 1 is 1.11 bits per heavy atom. The fraction of sp³-hybridized carbons (Fsp3) is 0.545. The molecule has 0 radical (unpaired) electrons. The van der Waals surface area contributed by atoms with Gasteiger partial charge in [-0.1, -0.05) is 29.8 Å². The van der Waals surface area contributed by atoms with Crippen LogP contribution in [0.5, 0.6) is 0 Å².